The van der Waals surface area contributed by atoms with Gasteiger partial charge < -0.3 is 25.5 Å². The first-order chi connectivity index (χ1) is 14.6. The zero-order valence-electron chi connectivity index (χ0n) is 16.3. The molecule has 5 heterocycles. The van der Waals surface area contributed by atoms with E-state index in [4.69, 9.17) is 10.5 Å². The number of amides is 1. The van der Waals surface area contributed by atoms with E-state index < -0.39 is 12.0 Å². The van der Waals surface area contributed by atoms with Gasteiger partial charge in [0.25, 0.3) is 5.91 Å². The highest BCUT2D eigenvalue weighted by Crippen LogP contribution is 2.36. The van der Waals surface area contributed by atoms with Gasteiger partial charge in [-0.25, -0.2) is 9.97 Å². The predicted molar refractivity (Wildman–Crippen MR) is 109 cm³/mol. The summed E-state index contributed by atoms with van der Waals surface area (Å²) in [4.78, 5) is 21.1. The Labute approximate surface area is 171 Å². The normalized spacial score (nSPS) is 19.4. The van der Waals surface area contributed by atoms with Crippen LogP contribution in [0.25, 0.3) is 28.3 Å². The first-order valence-corrected chi connectivity index (χ1v) is 9.66. The van der Waals surface area contributed by atoms with Gasteiger partial charge in [-0.15, -0.1) is 0 Å². The summed E-state index contributed by atoms with van der Waals surface area (Å²) in [5, 5.41) is 17.7. The van der Waals surface area contributed by atoms with E-state index in [1.807, 2.05) is 29.0 Å². The van der Waals surface area contributed by atoms with Crippen molar-refractivity contribution in [3.8, 4) is 22.6 Å². The fourth-order valence-electron chi connectivity index (χ4n) is 4.02. The minimum Gasteiger partial charge on any atom is -0.389 e. The Bertz CT molecular complexity index is 1210. The fourth-order valence-corrected chi connectivity index (χ4v) is 4.02. The minimum absolute atomic E-state index is 0.107. The summed E-state index contributed by atoms with van der Waals surface area (Å²) in [6.45, 7) is 0.905. The van der Waals surface area contributed by atoms with Crippen LogP contribution in [-0.4, -0.2) is 61.5 Å². The number of anilines is 1. The monoisotopic (exact) mass is 407 g/mol. The zero-order valence-corrected chi connectivity index (χ0v) is 16.3. The number of primary amides is 1. The van der Waals surface area contributed by atoms with Crippen molar-refractivity contribution in [3.63, 3.8) is 0 Å². The molecule has 10 heteroatoms. The number of nitrogens with zero attached hydrogens (tertiary/aromatic N) is 5. The third-order valence-electron chi connectivity index (χ3n) is 5.52. The molecule has 1 saturated heterocycles. The van der Waals surface area contributed by atoms with Crippen molar-refractivity contribution in [2.24, 2.45) is 5.73 Å². The van der Waals surface area contributed by atoms with Gasteiger partial charge in [0.15, 0.2) is 5.65 Å². The standard InChI is InChI=1S/C20H21N7O3/c1-22-17-7-14(25-20-13(18(21)29)9-24-27(17)20)12-8-23-19-11(12)3-2-5-26(19)15-4-6-30-10-16(15)28/h2-3,5,7-9,15-16,22,28H,4,6,10H2,1H3,(H2,21,29)/t15-,16-/m1/s1. The van der Waals surface area contributed by atoms with Gasteiger partial charge in [-0.1, -0.05) is 0 Å². The van der Waals surface area contributed by atoms with Crippen LogP contribution in [0.1, 0.15) is 22.8 Å². The molecule has 0 bridgehead atoms. The molecule has 2 atom stereocenters. The molecule has 0 radical (unpaired) electrons. The van der Waals surface area contributed by atoms with Crippen molar-refractivity contribution in [3.05, 3.63) is 42.4 Å². The molecular weight excluding hydrogens is 386 g/mol. The lowest BCUT2D eigenvalue weighted by Gasteiger charge is -2.31. The van der Waals surface area contributed by atoms with E-state index >= 15 is 0 Å². The van der Waals surface area contributed by atoms with Crippen molar-refractivity contribution >= 4 is 17.4 Å². The van der Waals surface area contributed by atoms with Gasteiger partial charge in [0.05, 0.1) is 30.6 Å². The number of aromatic nitrogens is 5. The van der Waals surface area contributed by atoms with Crippen molar-refractivity contribution in [2.75, 3.05) is 25.6 Å². The van der Waals surface area contributed by atoms with Gasteiger partial charge in [0, 0.05) is 43.2 Å². The lowest BCUT2D eigenvalue weighted by atomic mass is 10.0. The van der Waals surface area contributed by atoms with Crippen LogP contribution in [0.3, 0.4) is 0 Å². The van der Waals surface area contributed by atoms with Crippen molar-refractivity contribution in [2.45, 2.75) is 18.6 Å². The summed E-state index contributed by atoms with van der Waals surface area (Å²) >= 11 is 0. The molecule has 0 aromatic carbocycles. The smallest absolute Gasteiger partial charge is 0.254 e. The van der Waals surface area contributed by atoms with E-state index in [0.717, 1.165) is 17.0 Å². The maximum absolute atomic E-state index is 11.8. The Morgan fingerprint density at radius 2 is 2.23 bits per heavy atom. The number of nitrogens with one attached hydrogen (secondary N) is 1. The molecule has 0 spiro atoms. The average molecular weight is 407 g/mol. The first kappa shape index (κ1) is 18.5. The number of hydrogen-bond acceptors (Lipinski definition) is 7. The summed E-state index contributed by atoms with van der Waals surface area (Å²) < 4.78 is 8.90. The lowest BCUT2D eigenvalue weighted by molar-refractivity contribution is -0.0383. The molecule has 1 amide bonds. The number of nitrogens with two attached hydrogens (primary N) is 1. The minimum atomic E-state index is -0.593. The Kier molecular flexibility index (Phi) is 4.37. The summed E-state index contributed by atoms with van der Waals surface area (Å²) in [6.07, 6.45) is 5.21. The fraction of sp³-hybridized carbons (Fsp3) is 0.300. The van der Waals surface area contributed by atoms with E-state index in [-0.39, 0.29) is 11.6 Å². The van der Waals surface area contributed by atoms with Crippen molar-refractivity contribution in [1.82, 2.24) is 24.1 Å². The van der Waals surface area contributed by atoms with Gasteiger partial charge in [0.2, 0.25) is 0 Å². The number of aliphatic hydroxyl groups is 1. The number of ether oxygens (including phenoxy) is 1. The molecule has 5 rings (SSSR count). The number of pyridine rings is 1. The van der Waals surface area contributed by atoms with Gasteiger partial charge in [-0.2, -0.15) is 9.61 Å². The third kappa shape index (κ3) is 2.80. The molecular formula is C20H21N7O3. The second-order valence-corrected chi connectivity index (χ2v) is 7.26. The van der Waals surface area contributed by atoms with Crippen LogP contribution in [0.5, 0.6) is 0 Å². The second kappa shape index (κ2) is 7.08. The van der Waals surface area contributed by atoms with E-state index in [1.165, 1.54) is 6.20 Å². The number of hydrogen-bond donors (Lipinski definition) is 3. The van der Waals surface area contributed by atoms with Crippen molar-refractivity contribution in [1.29, 1.82) is 0 Å². The summed E-state index contributed by atoms with van der Waals surface area (Å²) in [5.74, 6) is 0.837. The molecule has 3 aliphatic rings. The Morgan fingerprint density at radius 3 is 3.00 bits per heavy atom. The van der Waals surface area contributed by atoms with E-state index in [0.29, 0.717) is 36.8 Å². The average Bonchev–Trinajstić information content (AvgIpc) is 3.37. The van der Waals surface area contributed by atoms with E-state index in [1.54, 1.807) is 17.8 Å². The molecule has 4 N–H and O–H groups in total. The Hall–Kier alpha value is -3.50. The molecule has 30 heavy (non-hydrogen) atoms. The van der Waals surface area contributed by atoms with Gasteiger partial charge >= 0.3 is 0 Å². The zero-order chi connectivity index (χ0) is 20.8. The second-order valence-electron chi connectivity index (χ2n) is 7.26. The lowest BCUT2D eigenvalue weighted by Crippen LogP contribution is -2.34. The Balaban J connectivity index is 1.64. The van der Waals surface area contributed by atoms with Gasteiger partial charge in [0.1, 0.15) is 17.2 Å². The van der Waals surface area contributed by atoms with Crippen LogP contribution in [-0.2, 0) is 4.74 Å². The summed E-state index contributed by atoms with van der Waals surface area (Å²) in [5.41, 5.74) is 8.47. The van der Waals surface area contributed by atoms with Crippen molar-refractivity contribution < 1.29 is 14.6 Å². The Morgan fingerprint density at radius 1 is 1.37 bits per heavy atom. The van der Waals surface area contributed by atoms with Crippen LogP contribution in [0.15, 0.2) is 36.8 Å². The molecule has 2 aromatic rings. The first-order valence-electron chi connectivity index (χ1n) is 9.66. The van der Waals surface area contributed by atoms with Crippen LogP contribution in [0.4, 0.5) is 5.82 Å². The number of carbonyl (C=O) groups excluding carboxylic acids is 1. The number of aliphatic hydroxyl groups excluding tert-OH is 1. The maximum atomic E-state index is 11.8. The highest BCUT2D eigenvalue weighted by molar-refractivity contribution is 5.99. The highest BCUT2D eigenvalue weighted by Gasteiger charge is 2.28. The molecule has 0 unspecified atom stereocenters. The molecule has 1 fully saturated rings. The van der Waals surface area contributed by atoms with Crippen LogP contribution < -0.4 is 11.1 Å². The van der Waals surface area contributed by atoms with Crippen LogP contribution in [0, 0.1) is 0 Å². The number of fused-ring (bicyclic) bond motifs is 2. The number of rotatable bonds is 4. The SMILES string of the molecule is CNc1cc(-c2cnc3n([C@@H]4CCOC[C@H]4O)cccc2-3)nc2c(C(N)=O)cnn12. The molecule has 154 valence electrons. The molecule has 3 aliphatic heterocycles. The summed E-state index contributed by atoms with van der Waals surface area (Å²) in [7, 11) is 1.77. The molecule has 10 nitrogen and oxygen atoms in total. The summed E-state index contributed by atoms with van der Waals surface area (Å²) in [6, 6.07) is 5.64. The molecule has 0 aliphatic carbocycles. The topological polar surface area (TPSA) is 133 Å². The number of carbonyl (C=O) groups is 1. The quantitative estimate of drug-likeness (QED) is 0.462. The van der Waals surface area contributed by atoms with E-state index in [2.05, 4.69) is 20.4 Å². The largest absolute Gasteiger partial charge is 0.389 e. The maximum Gasteiger partial charge on any atom is 0.254 e. The van der Waals surface area contributed by atoms with Crippen LogP contribution in [0.2, 0.25) is 0 Å². The van der Waals surface area contributed by atoms with Gasteiger partial charge in [-0.3, -0.25) is 4.79 Å². The third-order valence-corrected chi connectivity index (χ3v) is 5.52. The molecule has 2 aromatic heterocycles. The van der Waals surface area contributed by atoms with Gasteiger partial charge in [-0.05, 0) is 18.6 Å². The van der Waals surface area contributed by atoms with E-state index in [9.17, 15) is 9.90 Å². The highest BCUT2D eigenvalue weighted by atomic mass is 16.5. The molecule has 0 saturated carbocycles. The predicted octanol–water partition coefficient (Wildman–Crippen LogP) is 1.16. The van der Waals surface area contributed by atoms with Crippen LogP contribution >= 0.6 is 0 Å².